The number of nitrogens with one attached hydrogen (secondary N) is 1. The number of rotatable bonds is 10. The zero-order valence-corrected chi connectivity index (χ0v) is 15.0. The normalized spacial score (nSPS) is 12.3. The molecule has 0 saturated heterocycles. The molecule has 0 amide bonds. The number of likely N-dealkylation sites (N-methyl/N-ethyl adjacent to an activating group) is 1. The number of ether oxygens (including phenoxy) is 1. The zero-order chi connectivity index (χ0) is 17.2. The fourth-order valence-corrected chi connectivity index (χ4v) is 2.79. The lowest BCUT2D eigenvalue weighted by Crippen LogP contribution is -2.39. The Balaban J connectivity index is 1.80. The number of hydrogen-bond donors (Lipinski definition) is 1. The summed E-state index contributed by atoms with van der Waals surface area (Å²) >= 11 is 0. The zero-order valence-electron chi connectivity index (χ0n) is 15.0. The molecule has 24 heavy (non-hydrogen) atoms. The minimum absolute atomic E-state index is 0.497. The molecule has 0 spiro atoms. The quantitative estimate of drug-likeness (QED) is 0.725. The maximum absolute atomic E-state index is 5.83. The number of nitrogens with zero attached hydrogens (tertiary/aromatic N) is 2. The van der Waals surface area contributed by atoms with Crippen LogP contribution in [-0.2, 0) is 13.2 Å². The summed E-state index contributed by atoms with van der Waals surface area (Å²) in [6.45, 7) is 11.2. The van der Waals surface area contributed by atoms with E-state index in [9.17, 15) is 0 Å². The van der Waals surface area contributed by atoms with Crippen molar-refractivity contribution in [1.29, 1.82) is 0 Å². The first-order chi connectivity index (χ1) is 11.7. The molecular weight excluding hydrogens is 298 g/mol. The standard InChI is InChI=1S/C20H29N3O/c1-4-23(5-2)17(3)14-21-15-18-9-8-11-20(13-18)24-16-19-10-6-7-12-22-19/h6-13,17,21H,4-5,14-16H2,1-3H3/t17-/m1/s1. The summed E-state index contributed by atoms with van der Waals surface area (Å²) in [4.78, 5) is 6.73. The van der Waals surface area contributed by atoms with E-state index in [-0.39, 0.29) is 0 Å². The summed E-state index contributed by atoms with van der Waals surface area (Å²) in [5, 5.41) is 3.54. The molecular formula is C20H29N3O. The second kappa shape index (κ2) is 10.1. The van der Waals surface area contributed by atoms with Crippen LogP contribution in [0.3, 0.4) is 0 Å². The molecule has 0 bridgehead atoms. The van der Waals surface area contributed by atoms with Crippen LogP contribution in [0.25, 0.3) is 0 Å². The first-order valence-electron chi connectivity index (χ1n) is 8.79. The Bertz CT molecular complexity index is 584. The highest BCUT2D eigenvalue weighted by atomic mass is 16.5. The molecule has 0 aliphatic carbocycles. The van der Waals surface area contributed by atoms with Gasteiger partial charge in [0.05, 0.1) is 5.69 Å². The Labute approximate surface area is 145 Å². The topological polar surface area (TPSA) is 37.4 Å². The third-order valence-electron chi connectivity index (χ3n) is 4.22. The molecule has 1 heterocycles. The van der Waals surface area contributed by atoms with Gasteiger partial charge in [0.1, 0.15) is 12.4 Å². The van der Waals surface area contributed by atoms with Gasteiger partial charge in [0.15, 0.2) is 0 Å². The Morgan fingerprint density at radius 3 is 2.67 bits per heavy atom. The van der Waals surface area contributed by atoms with Crippen molar-refractivity contribution in [3.63, 3.8) is 0 Å². The van der Waals surface area contributed by atoms with E-state index < -0.39 is 0 Å². The van der Waals surface area contributed by atoms with Crippen molar-refractivity contribution < 1.29 is 4.74 Å². The van der Waals surface area contributed by atoms with Crippen LogP contribution in [-0.4, -0.2) is 35.6 Å². The maximum Gasteiger partial charge on any atom is 0.130 e. The van der Waals surface area contributed by atoms with Crippen molar-refractivity contribution in [2.45, 2.75) is 40.0 Å². The van der Waals surface area contributed by atoms with Crippen LogP contribution >= 0.6 is 0 Å². The van der Waals surface area contributed by atoms with Crippen LogP contribution in [0, 0.1) is 0 Å². The van der Waals surface area contributed by atoms with Gasteiger partial charge in [-0.25, -0.2) is 0 Å². The highest BCUT2D eigenvalue weighted by molar-refractivity contribution is 5.28. The average Bonchev–Trinajstić information content (AvgIpc) is 2.62. The summed E-state index contributed by atoms with van der Waals surface area (Å²) in [5.41, 5.74) is 2.18. The number of pyridine rings is 1. The lowest BCUT2D eigenvalue weighted by molar-refractivity contribution is 0.225. The van der Waals surface area contributed by atoms with Crippen molar-refractivity contribution in [2.75, 3.05) is 19.6 Å². The Morgan fingerprint density at radius 2 is 1.96 bits per heavy atom. The number of benzene rings is 1. The monoisotopic (exact) mass is 327 g/mol. The maximum atomic E-state index is 5.83. The predicted molar refractivity (Wildman–Crippen MR) is 99.1 cm³/mol. The fraction of sp³-hybridized carbons (Fsp3) is 0.450. The first kappa shape index (κ1) is 18.4. The fourth-order valence-electron chi connectivity index (χ4n) is 2.79. The SMILES string of the molecule is CCN(CC)[C@H](C)CNCc1cccc(OCc2ccccn2)c1. The molecule has 0 aliphatic rings. The second-order valence-electron chi connectivity index (χ2n) is 5.96. The summed E-state index contributed by atoms with van der Waals surface area (Å²) in [6.07, 6.45) is 1.79. The van der Waals surface area contributed by atoms with Gasteiger partial charge in [-0.2, -0.15) is 0 Å². The summed E-state index contributed by atoms with van der Waals surface area (Å²) < 4.78 is 5.83. The van der Waals surface area contributed by atoms with Gasteiger partial charge in [-0.3, -0.25) is 9.88 Å². The van der Waals surface area contributed by atoms with E-state index in [0.717, 1.165) is 37.6 Å². The van der Waals surface area contributed by atoms with E-state index in [2.05, 4.69) is 48.1 Å². The summed E-state index contributed by atoms with van der Waals surface area (Å²) in [6, 6.07) is 14.7. The molecule has 130 valence electrons. The van der Waals surface area contributed by atoms with Crippen molar-refractivity contribution >= 4 is 0 Å². The Kier molecular flexibility index (Phi) is 7.72. The minimum Gasteiger partial charge on any atom is -0.487 e. The molecule has 1 aromatic carbocycles. The predicted octanol–water partition coefficient (Wildman–Crippen LogP) is 3.48. The van der Waals surface area contributed by atoms with Gasteiger partial charge in [-0.1, -0.05) is 32.0 Å². The Morgan fingerprint density at radius 1 is 1.12 bits per heavy atom. The van der Waals surface area contributed by atoms with Gasteiger partial charge in [0.25, 0.3) is 0 Å². The molecule has 0 aliphatic heterocycles. The highest BCUT2D eigenvalue weighted by Gasteiger charge is 2.09. The van der Waals surface area contributed by atoms with Gasteiger partial charge in [-0.15, -0.1) is 0 Å². The molecule has 0 saturated carbocycles. The van der Waals surface area contributed by atoms with E-state index in [1.807, 2.05) is 30.3 Å². The van der Waals surface area contributed by atoms with Gasteiger partial charge in [0.2, 0.25) is 0 Å². The molecule has 1 aromatic heterocycles. The second-order valence-corrected chi connectivity index (χ2v) is 5.96. The van der Waals surface area contributed by atoms with E-state index >= 15 is 0 Å². The van der Waals surface area contributed by atoms with Crippen LogP contribution < -0.4 is 10.1 Å². The van der Waals surface area contributed by atoms with E-state index in [1.54, 1.807) is 6.20 Å². The van der Waals surface area contributed by atoms with Crippen LogP contribution in [0.15, 0.2) is 48.7 Å². The molecule has 0 fully saturated rings. The van der Waals surface area contributed by atoms with Crippen molar-refractivity contribution in [3.05, 3.63) is 59.9 Å². The molecule has 4 heteroatoms. The third-order valence-corrected chi connectivity index (χ3v) is 4.22. The van der Waals surface area contributed by atoms with Gasteiger partial charge < -0.3 is 10.1 Å². The first-order valence-corrected chi connectivity index (χ1v) is 8.79. The van der Waals surface area contributed by atoms with Crippen LogP contribution in [0.4, 0.5) is 0 Å². The third kappa shape index (κ3) is 5.95. The molecule has 2 rings (SSSR count). The van der Waals surface area contributed by atoms with E-state index in [4.69, 9.17) is 4.74 Å². The van der Waals surface area contributed by atoms with Crippen molar-refractivity contribution in [3.8, 4) is 5.75 Å². The van der Waals surface area contributed by atoms with Crippen LogP contribution in [0.2, 0.25) is 0 Å². The summed E-state index contributed by atoms with van der Waals surface area (Å²) in [5.74, 6) is 0.886. The minimum atomic E-state index is 0.497. The smallest absolute Gasteiger partial charge is 0.130 e. The molecule has 2 aromatic rings. The average molecular weight is 327 g/mol. The summed E-state index contributed by atoms with van der Waals surface area (Å²) in [7, 11) is 0. The van der Waals surface area contributed by atoms with Crippen molar-refractivity contribution in [1.82, 2.24) is 15.2 Å². The molecule has 1 N–H and O–H groups in total. The lowest BCUT2D eigenvalue weighted by atomic mass is 10.2. The highest BCUT2D eigenvalue weighted by Crippen LogP contribution is 2.14. The number of aromatic nitrogens is 1. The van der Waals surface area contributed by atoms with E-state index in [1.165, 1.54) is 5.56 Å². The number of hydrogen-bond acceptors (Lipinski definition) is 4. The molecule has 0 unspecified atom stereocenters. The molecule has 4 nitrogen and oxygen atoms in total. The molecule has 0 radical (unpaired) electrons. The van der Waals surface area contributed by atoms with Crippen LogP contribution in [0.1, 0.15) is 32.0 Å². The van der Waals surface area contributed by atoms with Crippen LogP contribution in [0.5, 0.6) is 5.75 Å². The largest absolute Gasteiger partial charge is 0.487 e. The van der Waals surface area contributed by atoms with Crippen molar-refractivity contribution in [2.24, 2.45) is 0 Å². The molecule has 1 atom stereocenters. The Hall–Kier alpha value is -1.91. The van der Waals surface area contributed by atoms with E-state index in [0.29, 0.717) is 12.6 Å². The van der Waals surface area contributed by atoms with Gasteiger partial charge in [-0.05, 0) is 49.8 Å². The lowest BCUT2D eigenvalue weighted by Gasteiger charge is -2.26. The van der Waals surface area contributed by atoms with Gasteiger partial charge >= 0.3 is 0 Å². The van der Waals surface area contributed by atoms with Gasteiger partial charge in [0, 0.05) is 25.3 Å².